The quantitative estimate of drug-likeness (QED) is 0.348. The van der Waals surface area contributed by atoms with Gasteiger partial charge in [0.1, 0.15) is 6.33 Å². The van der Waals surface area contributed by atoms with Crippen LogP contribution in [0.1, 0.15) is 34.0 Å². The van der Waals surface area contributed by atoms with E-state index < -0.39 is 0 Å². The van der Waals surface area contributed by atoms with E-state index in [0.717, 1.165) is 61.7 Å². The van der Waals surface area contributed by atoms with Crippen LogP contribution in [-0.2, 0) is 13.0 Å². The smallest absolute Gasteiger partial charge is 0.255 e. The Bertz CT molecular complexity index is 1430. The van der Waals surface area contributed by atoms with Crippen molar-refractivity contribution < 1.29 is 4.79 Å². The van der Waals surface area contributed by atoms with Crippen molar-refractivity contribution in [2.45, 2.75) is 26.8 Å². The van der Waals surface area contributed by atoms with Crippen molar-refractivity contribution >= 4 is 23.2 Å². The van der Waals surface area contributed by atoms with E-state index in [2.05, 4.69) is 60.4 Å². The number of piperazine rings is 1. The number of benzene rings is 2. The summed E-state index contributed by atoms with van der Waals surface area (Å²) in [5.74, 6) is 0.319. The van der Waals surface area contributed by atoms with Crippen LogP contribution >= 0.6 is 0 Å². The number of likely N-dealkylation sites (N-methyl/N-ethyl adjacent to an activating group) is 1. The van der Waals surface area contributed by atoms with Gasteiger partial charge >= 0.3 is 0 Å². The zero-order valence-electron chi connectivity index (χ0n) is 22.7. The predicted octanol–water partition coefficient (Wildman–Crippen LogP) is 4.55. The number of carbonyl (C=O) groups excluding carboxylic acids is 1. The molecule has 2 aromatic carbocycles. The van der Waals surface area contributed by atoms with Gasteiger partial charge in [0.15, 0.2) is 0 Å². The van der Waals surface area contributed by atoms with Gasteiger partial charge in [-0.05, 0) is 67.4 Å². The van der Waals surface area contributed by atoms with E-state index in [0.29, 0.717) is 17.2 Å². The molecule has 9 nitrogen and oxygen atoms in total. The van der Waals surface area contributed by atoms with Gasteiger partial charge < -0.3 is 15.5 Å². The molecule has 1 fully saturated rings. The Labute approximate surface area is 229 Å². The average molecular weight is 523 g/mol. The van der Waals surface area contributed by atoms with E-state index >= 15 is 0 Å². The van der Waals surface area contributed by atoms with Crippen molar-refractivity contribution in [3.63, 3.8) is 0 Å². The highest BCUT2D eigenvalue weighted by atomic mass is 16.1. The van der Waals surface area contributed by atoms with Gasteiger partial charge in [-0.25, -0.2) is 19.9 Å². The Hall–Kier alpha value is -4.21. The van der Waals surface area contributed by atoms with Crippen LogP contribution in [0.5, 0.6) is 0 Å². The van der Waals surface area contributed by atoms with Crippen molar-refractivity contribution in [1.82, 2.24) is 29.7 Å². The molecular formula is C30H34N8O. The molecule has 3 heterocycles. The van der Waals surface area contributed by atoms with Crippen LogP contribution in [0.25, 0.3) is 11.3 Å². The number of carbonyl (C=O) groups is 1. The number of anilines is 3. The van der Waals surface area contributed by atoms with Crippen molar-refractivity contribution in [3.8, 4) is 11.3 Å². The lowest BCUT2D eigenvalue weighted by molar-refractivity contribution is 0.102. The third-order valence-corrected chi connectivity index (χ3v) is 7.09. The standard InChI is InChI=1S/C30H34N8O/c1-4-22-15-23(6-7-24(22)19-38-13-11-37(3)12-14-38)29(39)34-26-8-5-21(2)28(16-26)36-30-33-10-9-27(35-30)25-17-31-20-32-18-25/h5-10,15-18,20H,4,11-14,19H2,1-3H3,(H,34,39)(H,33,35,36). The lowest BCUT2D eigenvalue weighted by Gasteiger charge is -2.32. The number of nitrogens with zero attached hydrogens (tertiary/aromatic N) is 6. The molecule has 0 atom stereocenters. The van der Waals surface area contributed by atoms with Crippen molar-refractivity contribution in [3.05, 3.63) is 89.6 Å². The van der Waals surface area contributed by atoms with Gasteiger partial charge in [-0.3, -0.25) is 9.69 Å². The summed E-state index contributed by atoms with van der Waals surface area (Å²) in [6.45, 7) is 9.39. The molecule has 1 saturated heterocycles. The Morgan fingerprint density at radius 2 is 1.77 bits per heavy atom. The summed E-state index contributed by atoms with van der Waals surface area (Å²) in [6, 6.07) is 13.6. The number of rotatable bonds is 8. The topological polar surface area (TPSA) is 99.2 Å². The van der Waals surface area contributed by atoms with E-state index in [9.17, 15) is 4.79 Å². The highest BCUT2D eigenvalue weighted by molar-refractivity contribution is 6.04. The first-order chi connectivity index (χ1) is 19.0. The van der Waals surface area contributed by atoms with Crippen LogP contribution in [0.2, 0.25) is 0 Å². The second kappa shape index (κ2) is 12.1. The fourth-order valence-corrected chi connectivity index (χ4v) is 4.67. The maximum atomic E-state index is 13.2. The summed E-state index contributed by atoms with van der Waals surface area (Å²) < 4.78 is 0. The fourth-order valence-electron chi connectivity index (χ4n) is 4.67. The fraction of sp³-hybridized carbons (Fsp3) is 0.300. The summed E-state index contributed by atoms with van der Waals surface area (Å²) >= 11 is 0. The second-order valence-electron chi connectivity index (χ2n) is 9.92. The monoisotopic (exact) mass is 522 g/mol. The first-order valence-electron chi connectivity index (χ1n) is 13.3. The Morgan fingerprint density at radius 1 is 0.974 bits per heavy atom. The van der Waals surface area contributed by atoms with Crippen molar-refractivity contribution in [2.24, 2.45) is 0 Å². The number of aromatic nitrogens is 4. The number of amides is 1. The van der Waals surface area contributed by atoms with Gasteiger partial charge in [0.25, 0.3) is 5.91 Å². The highest BCUT2D eigenvalue weighted by Gasteiger charge is 2.16. The van der Waals surface area contributed by atoms with Crippen LogP contribution in [0, 0.1) is 6.92 Å². The SMILES string of the molecule is CCc1cc(C(=O)Nc2ccc(C)c(Nc3nccc(-c4cncnc4)n3)c2)ccc1CN1CCN(C)CC1. The van der Waals surface area contributed by atoms with Gasteiger partial charge in [-0.1, -0.05) is 19.1 Å². The lowest BCUT2D eigenvalue weighted by Crippen LogP contribution is -2.44. The first kappa shape index (κ1) is 26.4. The number of nitrogens with one attached hydrogen (secondary N) is 2. The second-order valence-corrected chi connectivity index (χ2v) is 9.92. The minimum absolute atomic E-state index is 0.132. The highest BCUT2D eigenvalue weighted by Crippen LogP contribution is 2.25. The molecule has 0 bridgehead atoms. The summed E-state index contributed by atoms with van der Waals surface area (Å²) in [6.07, 6.45) is 7.49. The summed E-state index contributed by atoms with van der Waals surface area (Å²) in [4.78, 5) is 35.1. The van der Waals surface area contributed by atoms with Crippen LogP contribution in [0.3, 0.4) is 0 Å². The zero-order chi connectivity index (χ0) is 27.2. The molecule has 2 aromatic heterocycles. The maximum absolute atomic E-state index is 13.2. The molecule has 0 saturated carbocycles. The largest absolute Gasteiger partial charge is 0.324 e. The van der Waals surface area contributed by atoms with Gasteiger partial charge in [-0.15, -0.1) is 0 Å². The number of hydrogen-bond donors (Lipinski definition) is 2. The average Bonchev–Trinajstić information content (AvgIpc) is 2.97. The molecule has 1 aliphatic heterocycles. The number of aryl methyl sites for hydroxylation is 2. The summed E-state index contributed by atoms with van der Waals surface area (Å²) in [5, 5.41) is 6.33. The third kappa shape index (κ3) is 6.63. The number of hydrogen-bond acceptors (Lipinski definition) is 8. The van der Waals surface area contributed by atoms with Crippen molar-refractivity contribution in [1.29, 1.82) is 0 Å². The normalized spacial score (nSPS) is 14.2. The molecule has 200 valence electrons. The Morgan fingerprint density at radius 3 is 2.54 bits per heavy atom. The van der Waals surface area contributed by atoms with Gasteiger partial charge in [0.05, 0.1) is 5.69 Å². The lowest BCUT2D eigenvalue weighted by atomic mass is 10.0. The minimum atomic E-state index is -0.132. The maximum Gasteiger partial charge on any atom is 0.255 e. The van der Waals surface area contributed by atoms with Gasteiger partial charge in [-0.2, -0.15) is 0 Å². The zero-order valence-corrected chi connectivity index (χ0v) is 22.7. The van der Waals surface area contributed by atoms with Crippen molar-refractivity contribution in [2.75, 3.05) is 43.9 Å². The summed E-state index contributed by atoms with van der Waals surface area (Å²) in [5.41, 5.74) is 7.21. The molecule has 1 amide bonds. The predicted molar refractivity (Wildman–Crippen MR) is 154 cm³/mol. The van der Waals surface area contributed by atoms with Crippen LogP contribution in [-0.4, -0.2) is 68.9 Å². The van der Waals surface area contributed by atoms with Gasteiger partial charge in [0, 0.05) is 73.8 Å². The van der Waals surface area contributed by atoms with Gasteiger partial charge in [0.2, 0.25) is 5.95 Å². The molecule has 39 heavy (non-hydrogen) atoms. The van der Waals surface area contributed by atoms with E-state index in [1.807, 2.05) is 43.3 Å². The molecule has 0 unspecified atom stereocenters. The van der Waals surface area contributed by atoms with E-state index in [1.165, 1.54) is 17.5 Å². The Balaban J connectivity index is 1.28. The van der Waals surface area contributed by atoms with E-state index in [4.69, 9.17) is 0 Å². The van der Waals surface area contributed by atoms with E-state index in [1.54, 1.807) is 18.6 Å². The minimum Gasteiger partial charge on any atom is -0.324 e. The molecule has 1 aliphatic rings. The van der Waals surface area contributed by atoms with Crippen LogP contribution in [0.4, 0.5) is 17.3 Å². The van der Waals surface area contributed by atoms with Crippen LogP contribution in [0.15, 0.2) is 67.4 Å². The molecule has 4 aromatic rings. The molecule has 0 aliphatic carbocycles. The Kier molecular flexibility index (Phi) is 8.19. The summed E-state index contributed by atoms with van der Waals surface area (Å²) in [7, 11) is 2.17. The third-order valence-electron chi connectivity index (χ3n) is 7.09. The van der Waals surface area contributed by atoms with E-state index in [-0.39, 0.29) is 5.91 Å². The molecule has 5 rings (SSSR count). The van der Waals surface area contributed by atoms with Crippen LogP contribution < -0.4 is 10.6 Å². The molecule has 2 N–H and O–H groups in total. The molecule has 0 spiro atoms. The molecule has 9 heteroatoms. The first-order valence-corrected chi connectivity index (χ1v) is 13.3. The molecular weight excluding hydrogens is 488 g/mol. The molecule has 0 radical (unpaired) electrons.